The van der Waals surface area contributed by atoms with Crippen LogP contribution in [0.5, 0.6) is 0 Å². The van der Waals surface area contributed by atoms with Crippen LogP contribution in [0.4, 0.5) is 0 Å². The lowest BCUT2D eigenvalue weighted by Crippen LogP contribution is -2.20. The molecule has 0 N–H and O–H groups in total. The van der Waals surface area contributed by atoms with Gasteiger partial charge >= 0.3 is 0 Å². The van der Waals surface area contributed by atoms with E-state index in [1.54, 1.807) is 24.4 Å². The highest BCUT2D eigenvalue weighted by Gasteiger charge is 2.17. The van der Waals surface area contributed by atoms with E-state index in [-0.39, 0.29) is 5.56 Å². The number of fused-ring (bicyclic) bond motifs is 3. The number of hydrogen-bond acceptors (Lipinski definition) is 4. The molecule has 6 aromatic rings. The van der Waals surface area contributed by atoms with E-state index >= 15 is 0 Å². The van der Waals surface area contributed by atoms with Crippen LogP contribution in [0.1, 0.15) is 18.2 Å². The number of hydrogen-bond donors (Lipinski definition) is 0. The Balaban J connectivity index is 1.60. The quantitative estimate of drug-likeness (QED) is 0.266. The van der Waals surface area contributed by atoms with Crippen molar-refractivity contribution in [1.82, 2.24) is 14.2 Å². The minimum absolute atomic E-state index is 0.266. The predicted octanol–water partition coefficient (Wildman–Crippen LogP) is 6.63. The van der Waals surface area contributed by atoms with Crippen LogP contribution in [0.25, 0.3) is 44.4 Å². The first-order chi connectivity index (χ1) is 17.0. The summed E-state index contributed by atoms with van der Waals surface area (Å²) in [6, 6.07) is 22.7. The summed E-state index contributed by atoms with van der Waals surface area (Å²) >= 11 is 6.16. The molecule has 0 fully saturated rings. The third kappa shape index (κ3) is 3.45. The van der Waals surface area contributed by atoms with Crippen molar-refractivity contribution >= 4 is 50.6 Å². The van der Waals surface area contributed by atoms with Gasteiger partial charge in [0, 0.05) is 39.1 Å². The minimum Gasteiger partial charge on any atom is -0.453 e. The average Bonchev–Trinajstić information content (AvgIpc) is 3.41. The number of para-hydroxylation sites is 2. The number of benzene rings is 3. The molecular weight excluding hydrogens is 460 g/mol. The second-order valence-corrected chi connectivity index (χ2v) is 8.80. The first kappa shape index (κ1) is 21.4. The molecule has 0 amide bonds. The molecule has 0 saturated carbocycles. The lowest BCUT2D eigenvalue weighted by molar-refractivity contribution is 0.616. The van der Waals surface area contributed by atoms with Crippen molar-refractivity contribution in [1.29, 1.82) is 0 Å². The third-order valence-electron chi connectivity index (χ3n) is 6.35. The number of furan rings is 1. The van der Waals surface area contributed by atoms with E-state index in [0.717, 1.165) is 34.1 Å². The zero-order valence-electron chi connectivity index (χ0n) is 19.2. The second kappa shape index (κ2) is 8.25. The molecule has 6 nitrogen and oxygen atoms in total. The number of rotatable bonds is 4. The van der Waals surface area contributed by atoms with E-state index in [4.69, 9.17) is 21.0 Å². The zero-order chi connectivity index (χ0) is 24.1. The van der Waals surface area contributed by atoms with Crippen LogP contribution in [0, 0.1) is 6.92 Å². The molecule has 0 aliphatic rings. The monoisotopic (exact) mass is 480 g/mol. The average molecular weight is 481 g/mol. The van der Waals surface area contributed by atoms with Gasteiger partial charge < -0.3 is 8.98 Å². The maximum absolute atomic E-state index is 13.6. The Hall–Kier alpha value is -4.16. The normalized spacial score (nSPS) is 12.0. The van der Waals surface area contributed by atoms with Crippen LogP contribution in [-0.2, 0) is 6.54 Å². The summed E-state index contributed by atoms with van der Waals surface area (Å²) in [5.74, 6) is 0.768. The third-order valence-corrected chi connectivity index (χ3v) is 6.59. The van der Waals surface area contributed by atoms with Gasteiger partial charge in [0.2, 0.25) is 5.82 Å². The van der Waals surface area contributed by atoms with E-state index in [1.165, 1.54) is 4.68 Å². The van der Waals surface area contributed by atoms with E-state index in [2.05, 4.69) is 35.6 Å². The summed E-state index contributed by atoms with van der Waals surface area (Å²) < 4.78 is 9.62. The summed E-state index contributed by atoms with van der Waals surface area (Å²) in [4.78, 5) is 18.3. The van der Waals surface area contributed by atoms with Gasteiger partial charge in [-0.25, -0.2) is 4.98 Å². The first-order valence-electron chi connectivity index (χ1n) is 11.4. The van der Waals surface area contributed by atoms with Crippen molar-refractivity contribution in [2.75, 3.05) is 0 Å². The molecule has 0 radical (unpaired) electrons. The highest BCUT2D eigenvalue weighted by molar-refractivity contribution is 6.31. The number of halogens is 1. The Morgan fingerprint density at radius 2 is 1.80 bits per heavy atom. The Bertz CT molecular complexity index is 1840. The van der Waals surface area contributed by atoms with E-state index in [9.17, 15) is 4.79 Å². The van der Waals surface area contributed by atoms with Gasteiger partial charge in [0.25, 0.3) is 5.56 Å². The number of nitrogens with zero attached hydrogens (tertiary/aromatic N) is 4. The van der Waals surface area contributed by atoms with Crippen LogP contribution < -0.4 is 5.56 Å². The van der Waals surface area contributed by atoms with Gasteiger partial charge in [-0.05, 0) is 56.3 Å². The van der Waals surface area contributed by atoms with Gasteiger partial charge in [0.05, 0.1) is 17.1 Å². The molecule has 3 aromatic heterocycles. The number of aromatic nitrogens is 3. The highest BCUT2D eigenvalue weighted by atomic mass is 35.5. The van der Waals surface area contributed by atoms with Crippen molar-refractivity contribution in [3.8, 4) is 11.6 Å². The molecule has 0 saturated heterocycles. The maximum Gasteiger partial charge on any atom is 0.282 e. The Morgan fingerprint density at radius 1 is 1.03 bits per heavy atom. The predicted molar refractivity (Wildman–Crippen MR) is 142 cm³/mol. The summed E-state index contributed by atoms with van der Waals surface area (Å²) in [6.45, 7) is 5.02. The van der Waals surface area contributed by atoms with Gasteiger partial charge in [0.1, 0.15) is 5.58 Å². The van der Waals surface area contributed by atoms with Crippen LogP contribution in [0.3, 0.4) is 0 Å². The minimum atomic E-state index is -0.266. The lowest BCUT2D eigenvalue weighted by atomic mass is 10.1. The van der Waals surface area contributed by atoms with Crippen molar-refractivity contribution in [2.24, 2.45) is 5.10 Å². The van der Waals surface area contributed by atoms with Crippen molar-refractivity contribution in [3.05, 3.63) is 99.4 Å². The van der Waals surface area contributed by atoms with Gasteiger partial charge in [-0.1, -0.05) is 41.9 Å². The maximum atomic E-state index is 13.6. The molecule has 0 aliphatic heterocycles. The second-order valence-electron chi connectivity index (χ2n) is 8.37. The Labute approximate surface area is 205 Å². The van der Waals surface area contributed by atoms with Crippen molar-refractivity contribution in [2.45, 2.75) is 20.4 Å². The van der Waals surface area contributed by atoms with Crippen LogP contribution in [0.15, 0.2) is 87.1 Å². The molecule has 0 atom stereocenters. The van der Waals surface area contributed by atoms with Crippen LogP contribution >= 0.6 is 11.6 Å². The summed E-state index contributed by atoms with van der Waals surface area (Å²) in [5, 5.41) is 7.67. The van der Waals surface area contributed by atoms with E-state index in [0.29, 0.717) is 33.1 Å². The fourth-order valence-corrected chi connectivity index (χ4v) is 4.84. The molecular formula is C28H21ClN4O2. The van der Waals surface area contributed by atoms with Gasteiger partial charge in [-0.3, -0.25) is 4.79 Å². The summed E-state index contributed by atoms with van der Waals surface area (Å²) in [5.41, 5.74) is 4.15. The van der Waals surface area contributed by atoms with E-state index < -0.39 is 0 Å². The molecule has 0 bridgehead atoms. The molecule has 0 unspecified atom stereocenters. The fourth-order valence-electron chi connectivity index (χ4n) is 4.66. The molecule has 0 spiro atoms. The summed E-state index contributed by atoms with van der Waals surface area (Å²) in [6.07, 6.45) is 1.74. The van der Waals surface area contributed by atoms with Crippen molar-refractivity contribution in [3.63, 3.8) is 0 Å². The SMILES string of the molecule is CCn1c(C)c(C=Nn2c(-c3cc4cc(Cl)ccc4o3)nc3ccccc3c2=O)c2ccccc21. The number of aryl methyl sites for hydroxylation is 1. The fraction of sp³-hybridized carbons (Fsp3) is 0.107. The smallest absolute Gasteiger partial charge is 0.282 e. The lowest BCUT2D eigenvalue weighted by Gasteiger charge is -2.07. The Morgan fingerprint density at radius 3 is 2.63 bits per heavy atom. The van der Waals surface area contributed by atoms with Gasteiger partial charge in [0.15, 0.2) is 5.76 Å². The topological polar surface area (TPSA) is 65.3 Å². The molecule has 0 aliphatic carbocycles. The zero-order valence-corrected chi connectivity index (χ0v) is 20.0. The Kier molecular flexibility index (Phi) is 5.04. The first-order valence-corrected chi connectivity index (χ1v) is 11.8. The molecule has 35 heavy (non-hydrogen) atoms. The molecule has 3 heterocycles. The van der Waals surface area contributed by atoms with E-state index in [1.807, 2.05) is 42.5 Å². The van der Waals surface area contributed by atoms with Crippen LogP contribution in [-0.4, -0.2) is 20.4 Å². The largest absolute Gasteiger partial charge is 0.453 e. The van der Waals surface area contributed by atoms with Gasteiger partial charge in [-0.2, -0.15) is 9.78 Å². The summed E-state index contributed by atoms with van der Waals surface area (Å²) in [7, 11) is 0. The van der Waals surface area contributed by atoms with Gasteiger partial charge in [-0.15, -0.1) is 0 Å². The highest BCUT2D eigenvalue weighted by Crippen LogP contribution is 2.29. The molecule has 7 heteroatoms. The molecule has 6 rings (SSSR count). The standard InChI is InChI=1S/C28H21ClN4O2/c1-3-32-17(2)22(20-8-5-7-11-24(20)32)16-30-33-27(31-23-10-6-4-9-21(23)28(33)34)26-15-18-14-19(29)12-13-25(18)35-26/h4-16H,3H2,1-2H3. The molecule has 172 valence electrons. The van der Waals surface area contributed by atoms with Crippen molar-refractivity contribution < 1.29 is 4.42 Å². The van der Waals surface area contributed by atoms with Crippen LogP contribution in [0.2, 0.25) is 5.02 Å². The molecule has 3 aromatic carbocycles.